The topological polar surface area (TPSA) is 53.7 Å². The van der Waals surface area contributed by atoms with E-state index in [1.54, 1.807) is 18.4 Å². The van der Waals surface area contributed by atoms with E-state index in [1.807, 2.05) is 32.2 Å². The second kappa shape index (κ2) is 7.49. The second-order valence-electron chi connectivity index (χ2n) is 5.69. The number of furan rings is 1. The van der Waals surface area contributed by atoms with Gasteiger partial charge in [-0.1, -0.05) is 18.2 Å². The van der Waals surface area contributed by atoms with Crippen molar-refractivity contribution in [1.82, 2.24) is 15.2 Å². The molecule has 0 bridgehead atoms. The normalized spacial score (nSPS) is 11.9. The van der Waals surface area contributed by atoms with Crippen LogP contribution in [0.2, 0.25) is 0 Å². The largest absolute Gasteiger partial charge is 0.461 e. The lowest BCUT2D eigenvalue weighted by molar-refractivity contribution is 0.468. The fourth-order valence-corrected chi connectivity index (χ4v) is 3.24. The molecular weight excluding hydrogens is 320 g/mol. The van der Waals surface area contributed by atoms with Crippen LogP contribution in [0.4, 0.5) is 0 Å². The van der Waals surface area contributed by atoms with Crippen molar-refractivity contribution in [3.05, 3.63) is 52.2 Å². The Morgan fingerprint density at radius 1 is 1.38 bits per heavy atom. The third-order valence-electron chi connectivity index (χ3n) is 3.77. The van der Waals surface area contributed by atoms with Crippen LogP contribution in [-0.2, 0) is 13.0 Å². The number of aryl methyl sites for hydroxylation is 1. The minimum Gasteiger partial charge on any atom is -0.461 e. The Hall–Kier alpha value is -2.34. The van der Waals surface area contributed by atoms with E-state index in [1.165, 1.54) is 0 Å². The summed E-state index contributed by atoms with van der Waals surface area (Å²) < 4.78 is 5.84. The summed E-state index contributed by atoms with van der Waals surface area (Å²) in [5, 5.41) is 7.71. The number of guanidine groups is 1. The molecule has 24 heavy (non-hydrogen) atoms. The van der Waals surface area contributed by atoms with Crippen molar-refractivity contribution in [3.8, 4) is 0 Å². The number of para-hydroxylation sites is 1. The van der Waals surface area contributed by atoms with Gasteiger partial charge in [-0.25, -0.2) is 4.98 Å². The number of hydrogen-bond donors (Lipinski definition) is 1. The molecule has 2 heterocycles. The molecule has 0 aliphatic heterocycles. The number of hydrogen-bond acceptors (Lipinski definition) is 4. The van der Waals surface area contributed by atoms with Gasteiger partial charge >= 0.3 is 0 Å². The first kappa shape index (κ1) is 16.5. The van der Waals surface area contributed by atoms with Crippen molar-refractivity contribution < 1.29 is 4.42 Å². The van der Waals surface area contributed by atoms with Crippen LogP contribution in [0.1, 0.15) is 16.5 Å². The number of fused-ring (bicyclic) bond motifs is 1. The Kier molecular flexibility index (Phi) is 5.15. The molecule has 1 N–H and O–H groups in total. The molecule has 5 nitrogen and oxygen atoms in total. The summed E-state index contributed by atoms with van der Waals surface area (Å²) in [6, 6.07) is 10.2. The van der Waals surface area contributed by atoms with Gasteiger partial charge in [-0.3, -0.25) is 4.99 Å². The maximum atomic E-state index is 5.84. The van der Waals surface area contributed by atoms with Crippen molar-refractivity contribution in [2.45, 2.75) is 19.9 Å². The van der Waals surface area contributed by atoms with Crippen LogP contribution < -0.4 is 5.32 Å². The summed E-state index contributed by atoms with van der Waals surface area (Å²) in [7, 11) is 3.82. The number of aromatic nitrogens is 1. The number of aliphatic imine (C=N–C) groups is 1. The van der Waals surface area contributed by atoms with E-state index in [4.69, 9.17) is 4.42 Å². The highest BCUT2D eigenvalue weighted by Gasteiger charge is 2.09. The number of rotatable bonds is 5. The molecule has 0 unspecified atom stereocenters. The third-order valence-corrected chi connectivity index (χ3v) is 4.59. The molecule has 0 aliphatic carbocycles. The van der Waals surface area contributed by atoms with Gasteiger partial charge in [-0.05, 0) is 19.1 Å². The van der Waals surface area contributed by atoms with Gasteiger partial charge in [0.25, 0.3) is 0 Å². The van der Waals surface area contributed by atoms with Crippen LogP contribution in [0, 0.1) is 6.92 Å². The van der Waals surface area contributed by atoms with Gasteiger partial charge < -0.3 is 14.6 Å². The van der Waals surface area contributed by atoms with Gasteiger partial charge in [-0.15, -0.1) is 11.3 Å². The zero-order chi connectivity index (χ0) is 16.9. The van der Waals surface area contributed by atoms with E-state index in [-0.39, 0.29) is 0 Å². The number of nitrogens with one attached hydrogen (secondary N) is 1. The zero-order valence-electron chi connectivity index (χ0n) is 14.2. The molecule has 0 aliphatic rings. The Morgan fingerprint density at radius 2 is 2.21 bits per heavy atom. The standard InChI is InChI=1S/C18H22N4OS/c1-13-21-15(12-24-13)11-22(3)18(19-2)20-9-8-16-10-14-6-4-5-7-17(14)23-16/h4-7,10,12H,8-9,11H2,1-3H3,(H,19,20). The lowest BCUT2D eigenvalue weighted by atomic mass is 10.2. The molecule has 0 saturated heterocycles. The minimum atomic E-state index is 0.745. The summed E-state index contributed by atoms with van der Waals surface area (Å²) >= 11 is 1.67. The van der Waals surface area contributed by atoms with Crippen LogP contribution in [0.3, 0.4) is 0 Å². The first-order chi connectivity index (χ1) is 11.7. The molecular formula is C18H22N4OS. The summed E-state index contributed by atoms with van der Waals surface area (Å²) in [6.07, 6.45) is 0.817. The molecule has 3 aromatic rings. The van der Waals surface area contributed by atoms with Crippen molar-refractivity contribution in [2.24, 2.45) is 4.99 Å². The molecule has 2 aromatic heterocycles. The van der Waals surface area contributed by atoms with E-state index in [0.717, 1.165) is 52.9 Å². The first-order valence-electron chi connectivity index (χ1n) is 7.96. The lowest BCUT2D eigenvalue weighted by Gasteiger charge is -2.21. The molecule has 1 aromatic carbocycles. The number of thiazole rings is 1. The highest BCUT2D eigenvalue weighted by Crippen LogP contribution is 2.18. The Balaban J connectivity index is 1.53. The van der Waals surface area contributed by atoms with Crippen molar-refractivity contribution in [2.75, 3.05) is 20.6 Å². The summed E-state index contributed by atoms with van der Waals surface area (Å²) in [5.74, 6) is 1.84. The molecule has 0 spiro atoms. The van der Waals surface area contributed by atoms with Crippen LogP contribution in [0.5, 0.6) is 0 Å². The van der Waals surface area contributed by atoms with Crippen molar-refractivity contribution in [3.63, 3.8) is 0 Å². The molecule has 0 atom stereocenters. The van der Waals surface area contributed by atoms with Gasteiger partial charge in [0.05, 0.1) is 17.2 Å². The average Bonchev–Trinajstić information content (AvgIpc) is 3.16. The first-order valence-corrected chi connectivity index (χ1v) is 8.84. The summed E-state index contributed by atoms with van der Waals surface area (Å²) in [4.78, 5) is 10.9. The summed E-state index contributed by atoms with van der Waals surface area (Å²) in [6.45, 7) is 3.54. The van der Waals surface area contributed by atoms with E-state index in [9.17, 15) is 0 Å². The van der Waals surface area contributed by atoms with E-state index in [2.05, 4.69) is 37.7 Å². The average molecular weight is 342 g/mol. The fourth-order valence-electron chi connectivity index (χ4n) is 2.64. The Bertz CT molecular complexity index is 803. The molecule has 0 radical (unpaired) electrons. The molecule has 0 saturated carbocycles. The fraction of sp³-hybridized carbons (Fsp3) is 0.333. The van der Waals surface area contributed by atoms with Gasteiger partial charge in [0.1, 0.15) is 11.3 Å². The maximum absolute atomic E-state index is 5.84. The molecule has 6 heteroatoms. The number of nitrogens with zero attached hydrogens (tertiary/aromatic N) is 3. The van der Waals surface area contributed by atoms with Gasteiger partial charge in [-0.2, -0.15) is 0 Å². The third kappa shape index (κ3) is 3.94. The number of benzene rings is 1. The molecule has 0 amide bonds. The molecule has 3 rings (SSSR count). The second-order valence-corrected chi connectivity index (χ2v) is 6.75. The molecule has 126 valence electrons. The van der Waals surface area contributed by atoms with Crippen LogP contribution in [0.15, 0.2) is 45.1 Å². The highest BCUT2D eigenvalue weighted by molar-refractivity contribution is 7.09. The van der Waals surface area contributed by atoms with Gasteiger partial charge in [0.15, 0.2) is 5.96 Å². The van der Waals surface area contributed by atoms with E-state index < -0.39 is 0 Å². The highest BCUT2D eigenvalue weighted by atomic mass is 32.1. The van der Waals surface area contributed by atoms with Gasteiger partial charge in [0, 0.05) is 37.8 Å². The van der Waals surface area contributed by atoms with Crippen molar-refractivity contribution in [1.29, 1.82) is 0 Å². The Labute approximate surface area is 146 Å². The predicted octanol–water partition coefficient (Wildman–Crippen LogP) is 3.45. The Morgan fingerprint density at radius 3 is 2.92 bits per heavy atom. The summed E-state index contributed by atoms with van der Waals surface area (Å²) in [5.41, 5.74) is 2.01. The predicted molar refractivity (Wildman–Crippen MR) is 99.6 cm³/mol. The monoisotopic (exact) mass is 342 g/mol. The smallest absolute Gasteiger partial charge is 0.193 e. The quantitative estimate of drug-likeness (QED) is 0.570. The van der Waals surface area contributed by atoms with Crippen LogP contribution in [-0.4, -0.2) is 36.5 Å². The molecule has 0 fully saturated rings. The maximum Gasteiger partial charge on any atom is 0.193 e. The lowest BCUT2D eigenvalue weighted by Crippen LogP contribution is -2.39. The van der Waals surface area contributed by atoms with E-state index in [0.29, 0.717) is 0 Å². The zero-order valence-corrected chi connectivity index (χ0v) is 15.1. The SMILES string of the molecule is CN=C(NCCc1cc2ccccc2o1)N(C)Cc1csc(C)n1. The van der Waals surface area contributed by atoms with Crippen LogP contribution >= 0.6 is 11.3 Å². The van der Waals surface area contributed by atoms with Gasteiger partial charge in [0.2, 0.25) is 0 Å². The van der Waals surface area contributed by atoms with Crippen LogP contribution in [0.25, 0.3) is 11.0 Å². The van der Waals surface area contributed by atoms with Crippen molar-refractivity contribution >= 4 is 28.3 Å². The minimum absolute atomic E-state index is 0.745. The van der Waals surface area contributed by atoms with E-state index >= 15 is 0 Å².